The number of nitrogens with one attached hydrogen (secondary N) is 1. The molecule has 1 heterocycles. The van der Waals surface area contributed by atoms with E-state index in [1.807, 2.05) is 19.1 Å². The Labute approximate surface area is 137 Å². The highest BCUT2D eigenvalue weighted by Gasteiger charge is 2.05. The van der Waals surface area contributed by atoms with Crippen LogP contribution in [-0.2, 0) is 4.79 Å². The van der Waals surface area contributed by atoms with Crippen molar-refractivity contribution in [2.75, 3.05) is 5.32 Å². The van der Waals surface area contributed by atoms with E-state index in [1.54, 1.807) is 29.0 Å². The summed E-state index contributed by atoms with van der Waals surface area (Å²) in [4.78, 5) is 12.0. The number of aromatic nitrogens is 4. The van der Waals surface area contributed by atoms with Crippen LogP contribution in [0.4, 0.5) is 10.1 Å². The van der Waals surface area contributed by atoms with Gasteiger partial charge in [-0.1, -0.05) is 12.1 Å². The maximum Gasteiger partial charge on any atom is 0.248 e. The minimum Gasteiger partial charge on any atom is -0.323 e. The molecule has 3 aromatic rings. The smallest absolute Gasteiger partial charge is 0.248 e. The molecule has 7 heteroatoms. The van der Waals surface area contributed by atoms with Crippen LogP contribution >= 0.6 is 0 Å². The highest BCUT2D eigenvalue weighted by atomic mass is 19.1. The fourth-order valence-electron chi connectivity index (χ4n) is 2.23. The average Bonchev–Trinajstić information content (AvgIpc) is 3.07. The van der Waals surface area contributed by atoms with Gasteiger partial charge in [0.15, 0.2) is 0 Å². The van der Waals surface area contributed by atoms with E-state index in [4.69, 9.17) is 0 Å². The van der Waals surface area contributed by atoms with Crippen LogP contribution in [0.3, 0.4) is 0 Å². The van der Waals surface area contributed by atoms with E-state index in [1.165, 1.54) is 24.5 Å². The summed E-state index contributed by atoms with van der Waals surface area (Å²) in [6, 6.07) is 11.4. The molecule has 1 aromatic heterocycles. The molecule has 0 aliphatic carbocycles. The topological polar surface area (TPSA) is 72.7 Å². The highest BCUT2D eigenvalue weighted by Crippen LogP contribution is 2.18. The highest BCUT2D eigenvalue weighted by molar-refractivity contribution is 6.02. The van der Waals surface area contributed by atoms with Gasteiger partial charge in [-0.25, -0.2) is 9.07 Å². The number of halogens is 1. The average molecular weight is 323 g/mol. The Morgan fingerprint density at radius 2 is 2.12 bits per heavy atom. The SMILES string of the molecule is Cc1cc(NC(=O)/C=C/c2cccc(F)c2)ccc1-n1cnnn1. The first-order valence-corrected chi connectivity index (χ1v) is 7.20. The molecule has 0 saturated carbocycles. The number of nitrogens with zero attached hydrogens (tertiary/aromatic N) is 4. The molecule has 120 valence electrons. The molecule has 24 heavy (non-hydrogen) atoms. The summed E-state index contributed by atoms with van der Waals surface area (Å²) in [6.07, 6.45) is 4.42. The van der Waals surface area contributed by atoms with E-state index in [0.29, 0.717) is 11.3 Å². The second-order valence-electron chi connectivity index (χ2n) is 5.13. The third kappa shape index (κ3) is 3.70. The van der Waals surface area contributed by atoms with Gasteiger partial charge < -0.3 is 5.32 Å². The zero-order valence-corrected chi connectivity index (χ0v) is 12.8. The standard InChI is InChI=1S/C17H14FN5O/c1-12-9-15(6-7-16(12)23-11-19-21-22-23)20-17(24)8-5-13-3-2-4-14(18)10-13/h2-11H,1H3,(H,20,24)/b8-5+. The Morgan fingerprint density at radius 1 is 1.25 bits per heavy atom. The van der Waals surface area contributed by atoms with Gasteiger partial charge in [-0.2, -0.15) is 0 Å². The lowest BCUT2D eigenvalue weighted by Crippen LogP contribution is -2.08. The first kappa shape index (κ1) is 15.5. The number of aryl methyl sites for hydroxylation is 1. The molecule has 0 aliphatic heterocycles. The summed E-state index contributed by atoms with van der Waals surface area (Å²) in [5.74, 6) is -0.639. The monoisotopic (exact) mass is 323 g/mol. The third-order valence-electron chi connectivity index (χ3n) is 3.34. The maximum absolute atomic E-state index is 13.1. The summed E-state index contributed by atoms with van der Waals surface area (Å²) in [5, 5.41) is 13.8. The zero-order chi connectivity index (χ0) is 16.9. The predicted octanol–water partition coefficient (Wildman–Crippen LogP) is 2.76. The molecule has 6 nitrogen and oxygen atoms in total. The van der Waals surface area contributed by atoms with Gasteiger partial charge in [-0.05, 0) is 64.9 Å². The van der Waals surface area contributed by atoms with E-state index in [0.717, 1.165) is 11.3 Å². The normalized spacial score (nSPS) is 10.9. The molecule has 0 fully saturated rings. The van der Waals surface area contributed by atoms with Crippen LogP contribution in [0.15, 0.2) is 54.9 Å². The molecule has 0 unspecified atom stereocenters. The van der Waals surface area contributed by atoms with Crippen LogP contribution in [0.2, 0.25) is 0 Å². The van der Waals surface area contributed by atoms with E-state index < -0.39 is 0 Å². The fourth-order valence-corrected chi connectivity index (χ4v) is 2.23. The quantitative estimate of drug-likeness (QED) is 0.749. The lowest BCUT2D eigenvalue weighted by molar-refractivity contribution is -0.111. The Kier molecular flexibility index (Phi) is 4.42. The lowest BCUT2D eigenvalue weighted by atomic mass is 10.1. The molecule has 3 rings (SSSR count). The van der Waals surface area contributed by atoms with Crippen molar-refractivity contribution >= 4 is 17.7 Å². The summed E-state index contributed by atoms with van der Waals surface area (Å²) >= 11 is 0. The van der Waals surface area contributed by atoms with Crippen molar-refractivity contribution < 1.29 is 9.18 Å². The molecule has 0 radical (unpaired) electrons. The van der Waals surface area contributed by atoms with Crippen molar-refractivity contribution in [3.05, 3.63) is 71.8 Å². The number of carbonyl (C=O) groups excluding carboxylic acids is 1. The van der Waals surface area contributed by atoms with Crippen LogP contribution in [-0.4, -0.2) is 26.1 Å². The van der Waals surface area contributed by atoms with Gasteiger partial charge >= 0.3 is 0 Å². The van der Waals surface area contributed by atoms with Crippen molar-refractivity contribution in [3.8, 4) is 5.69 Å². The molecule has 2 aromatic carbocycles. The molecule has 0 spiro atoms. The number of amides is 1. The van der Waals surface area contributed by atoms with Crippen molar-refractivity contribution in [1.82, 2.24) is 20.2 Å². The Balaban J connectivity index is 1.69. The number of anilines is 1. The number of hydrogen-bond donors (Lipinski definition) is 1. The van der Waals surface area contributed by atoms with Gasteiger partial charge in [0.2, 0.25) is 5.91 Å². The maximum atomic E-state index is 13.1. The van der Waals surface area contributed by atoms with Crippen molar-refractivity contribution in [2.24, 2.45) is 0 Å². The molecule has 1 amide bonds. The number of tetrazole rings is 1. The van der Waals surface area contributed by atoms with Crippen LogP contribution in [0, 0.1) is 12.7 Å². The van der Waals surface area contributed by atoms with Gasteiger partial charge in [0.1, 0.15) is 12.1 Å². The van der Waals surface area contributed by atoms with Gasteiger partial charge in [0.05, 0.1) is 5.69 Å². The van der Waals surface area contributed by atoms with Crippen molar-refractivity contribution in [2.45, 2.75) is 6.92 Å². The Morgan fingerprint density at radius 3 is 2.83 bits per heavy atom. The number of benzene rings is 2. The van der Waals surface area contributed by atoms with Crippen molar-refractivity contribution in [3.63, 3.8) is 0 Å². The van der Waals surface area contributed by atoms with Crippen LogP contribution in [0.1, 0.15) is 11.1 Å². The van der Waals surface area contributed by atoms with Crippen LogP contribution in [0.25, 0.3) is 11.8 Å². The summed E-state index contributed by atoms with van der Waals surface area (Å²) in [5.41, 5.74) is 3.01. The number of carbonyl (C=O) groups is 1. The van der Waals surface area contributed by atoms with E-state index in [2.05, 4.69) is 20.8 Å². The van der Waals surface area contributed by atoms with Gasteiger partial charge in [0, 0.05) is 11.8 Å². The molecule has 0 bridgehead atoms. The summed E-state index contributed by atoms with van der Waals surface area (Å²) in [6.45, 7) is 1.90. The Bertz CT molecular complexity index is 890. The summed E-state index contributed by atoms with van der Waals surface area (Å²) < 4.78 is 14.6. The first-order valence-electron chi connectivity index (χ1n) is 7.20. The van der Waals surface area contributed by atoms with Gasteiger partial charge in [-0.3, -0.25) is 4.79 Å². The van der Waals surface area contributed by atoms with E-state index >= 15 is 0 Å². The van der Waals surface area contributed by atoms with E-state index in [-0.39, 0.29) is 11.7 Å². The second kappa shape index (κ2) is 6.82. The van der Waals surface area contributed by atoms with Gasteiger partial charge in [0.25, 0.3) is 0 Å². The number of hydrogen-bond acceptors (Lipinski definition) is 4. The van der Waals surface area contributed by atoms with Crippen molar-refractivity contribution in [1.29, 1.82) is 0 Å². The minimum atomic E-state index is -0.341. The summed E-state index contributed by atoms with van der Waals surface area (Å²) in [7, 11) is 0. The third-order valence-corrected chi connectivity index (χ3v) is 3.34. The Hall–Kier alpha value is -3.35. The molecular formula is C17H14FN5O. The first-order chi connectivity index (χ1) is 11.6. The largest absolute Gasteiger partial charge is 0.323 e. The van der Waals surface area contributed by atoms with Crippen LogP contribution in [0.5, 0.6) is 0 Å². The lowest BCUT2D eigenvalue weighted by Gasteiger charge is -2.08. The molecular weight excluding hydrogens is 309 g/mol. The van der Waals surface area contributed by atoms with E-state index in [9.17, 15) is 9.18 Å². The minimum absolute atomic E-state index is 0.297. The molecule has 0 saturated heterocycles. The van der Waals surface area contributed by atoms with Crippen LogP contribution < -0.4 is 5.32 Å². The molecule has 0 aliphatic rings. The number of rotatable bonds is 4. The predicted molar refractivity (Wildman–Crippen MR) is 88.0 cm³/mol. The second-order valence-corrected chi connectivity index (χ2v) is 5.13. The van der Waals surface area contributed by atoms with Gasteiger partial charge in [-0.15, -0.1) is 5.10 Å². The molecule has 1 N–H and O–H groups in total. The fraction of sp³-hybridized carbons (Fsp3) is 0.0588. The molecule has 0 atom stereocenters. The zero-order valence-electron chi connectivity index (χ0n) is 12.8.